The van der Waals surface area contributed by atoms with Gasteiger partial charge in [0, 0.05) is 4.88 Å². The Labute approximate surface area is 92.0 Å². The van der Waals surface area contributed by atoms with Crippen molar-refractivity contribution < 1.29 is 9.90 Å². The van der Waals surface area contributed by atoms with Gasteiger partial charge in [-0.25, -0.2) is 0 Å². The van der Waals surface area contributed by atoms with Crippen molar-refractivity contribution in [3.05, 3.63) is 21.9 Å². The second-order valence-corrected chi connectivity index (χ2v) is 5.63. The minimum absolute atomic E-state index is 0.198. The molecule has 1 saturated carbocycles. The third kappa shape index (κ3) is 1.20. The molecule has 0 saturated heterocycles. The van der Waals surface area contributed by atoms with E-state index >= 15 is 0 Å². The number of aliphatic carboxylic acids is 1. The Hall–Kier alpha value is -1.34. The zero-order valence-corrected chi connectivity index (χ0v) is 9.39. The lowest BCUT2D eigenvalue weighted by Gasteiger charge is -2.13. The molecule has 78 valence electrons. The Bertz CT molecular complexity index is 469. The summed E-state index contributed by atoms with van der Waals surface area (Å²) in [7, 11) is 0. The maximum Gasteiger partial charge on any atom is 0.315 e. The Balaban J connectivity index is 2.46. The Morgan fingerprint density at radius 3 is 2.53 bits per heavy atom. The van der Waals surface area contributed by atoms with Gasteiger partial charge in [0.15, 0.2) is 0 Å². The quantitative estimate of drug-likeness (QED) is 0.834. The zero-order valence-electron chi connectivity index (χ0n) is 8.57. The van der Waals surface area contributed by atoms with Crippen molar-refractivity contribution >= 4 is 17.3 Å². The van der Waals surface area contributed by atoms with Crippen LogP contribution in [0.5, 0.6) is 0 Å². The topological polar surface area (TPSA) is 61.1 Å². The molecule has 1 aromatic rings. The van der Waals surface area contributed by atoms with Crippen molar-refractivity contribution in [2.45, 2.75) is 25.7 Å². The summed E-state index contributed by atoms with van der Waals surface area (Å²) in [5, 5.41) is 18.0. The average molecular weight is 221 g/mol. The van der Waals surface area contributed by atoms with E-state index in [4.69, 9.17) is 5.26 Å². The molecule has 1 aliphatic carbocycles. The number of carboxylic acids is 1. The Morgan fingerprint density at radius 2 is 2.20 bits per heavy atom. The van der Waals surface area contributed by atoms with Crippen molar-refractivity contribution in [3.8, 4) is 6.07 Å². The van der Waals surface area contributed by atoms with Crippen LogP contribution in [0.4, 0.5) is 0 Å². The molecule has 0 aromatic carbocycles. The fourth-order valence-corrected chi connectivity index (χ4v) is 3.30. The SMILES string of the molecule is CC1(C)CC1(C(=O)O)c1ccc(C#N)s1. The maximum absolute atomic E-state index is 11.3. The van der Waals surface area contributed by atoms with E-state index in [0.29, 0.717) is 11.3 Å². The van der Waals surface area contributed by atoms with E-state index in [2.05, 4.69) is 0 Å². The normalized spacial score (nSPS) is 27.0. The lowest BCUT2D eigenvalue weighted by molar-refractivity contribution is -0.140. The second-order valence-electron chi connectivity index (χ2n) is 4.55. The van der Waals surface area contributed by atoms with E-state index < -0.39 is 11.4 Å². The lowest BCUT2D eigenvalue weighted by Crippen LogP contribution is -2.24. The number of rotatable bonds is 2. The number of carbonyl (C=O) groups is 1. The third-order valence-corrected chi connectivity index (χ3v) is 4.39. The van der Waals surface area contributed by atoms with Crippen LogP contribution in [0.25, 0.3) is 0 Å². The predicted octanol–water partition coefficient (Wildman–Crippen LogP) is 2.37. The van der Waals surface area contributed by atoms with Crippen molar-refractivity contribution in [2.75, 3.05) is 0 Å². The summed E-state index contributed by atoms with van der Waals surface area (Å²) >= 11 is 1.29. The van der Waals surface area contributed by atoms with Crippen LogP contribution >= 0.6 is 11.3 Å². The summed E-state index contributed by atoms with van der Waals surface area (Å²) in [4.78, 5) is 12.7. The molecule has 1 fully saturated rings. The zero-order chi connectivity index (χ0) is 11.3. The number of hydrogen-bond acceptors (Lipinski definition) is 3. The summed E-state index contributed by atoms with van der Waals surface area (Å²) in [5.74, 6) is -0.779. The number of nitriles is 1. The van der Waals surface area contributed by atoms with Crippen molar-refractivity contribution in [2.24, 2.45) is 5.41 Å². The molecule has 3 nitrogen and oxygen atoms in total. The largest absolute Gasteiger partial charge is 0.481 e. The van der Waals surface area contributed by atoms with Gasteiger partial charge in [0.25, 0.3) is 0 Å². The van der Waals surface area contributed by atoms with Gasteiger partial charge in [-0.2, -0.15) is 5.26 Å². The summed E-state index contributed by atoms with van der Waals surface area (Å²) in [5.41, 5.74) is -0.955. The molecule has 2 rings (SSSR count). The maximum atomic E-state index is 11.3. The number of carboxylic acid groups (broad SMARTS) is 1. The van der Waals surface area contributed by atoms with Crippen LogP contribution in [0, 0.1) is 16.7 Å². The van der Waals surface area contributed by atoms with Crippen molar-refractivity contribution in [1.29, 1.82) is 5.26 Å². The van der Waals surface area contributed by atoms with Crippen LogP contribution in [-0.4, -0.2) is 11.1 Å². The summed E-state index contributed by atoms with van der Waals surface area (Å²) < 4.78 is 0. The van der Waals surface area contributed by atoms with E-state index in [1.165, 1.54) is 11.3 Å². The van der Waals surface area contributed by atoms with Gasteiger partial charge < -0.3 is 5.11 Å². The van der Waals surface area contributed by atoms with Gasteiger partial charge in [-0.3, -0.25) is 4.79 Å². The fraction of sp³-hybridized carbons (Fsp3) is 0.455. The van der Waals surface area contributed by atoms with E-state index in [1.807, 2.05) is 19.9 Å². The van der Waals surface area contributed by atoms with Gasteiger partial charge in [0.1, 0.15) is 16.4 Å². The van der Waals surface area contributed by atoms with E-state index in [0.717, 1.165) is 4.88 Å². The second kappa shape index (κ2) is 2.83. The van der Waals surface area contributed by atoms with Crippen LogP contribution in [0.15, 0.2) is 12.1 Å². The first-order valence-electron chi connectivity index (χ1n) is 4.68. The third-order valence-electron chi connectivity index (χ3n) is 3.24. The molecule has 1 N–H and O–H groups in total. The summed E-state index contributed by atoms with van der Waals surface area (Å²) in [6.07, 6.45) is 0.653. The molecule has 0 bridgehead atoms. The van der Waals surface area contributed by atoms with Gasteiger partial charge in [-0.1, -0.05) is 13.8 Å². The van der Waals surface area contributed by atoms with Crippen molar-refractivity contribution in [3.63, 3.8) is 0 Å². The molecular weight excluding hydrogens is 210 g/mol. The summed E-state index contributed by atoms with van der Waals surface area (Å²) in [6.45, 7) is 3.90. The Morgan fingerprint density at radius 1 is 1.60 bits per heavy atom. The highest BCUT2D eigenvalue weighted by Crippen LogP contribution is 2.65. The van der Waals surface area contributed by atoms with E-state index in [1.54, 1.807) is 12.1 Å². The minimum atomic E-state index is -0.779. The Kier molecular flexibility index (Phi) is 1.92. The molecule has 1 aliphatic rings. The number of thiophene rings is 1. The van der Waals surface area contributed by atoms with Gasteiger partial charge in [0.2, 0.25) is 0 Å². The number of hydrogen-bond donors (Lipinski definition) is 1. The average Bonchev–Trinajstić information content (AvgIpc) is 2.60. The van der Waals surface area contributed by atoms with E-state index in [-0.39, 0.29) is 5.41 Å². The highest BCUT2D eigenvalue weighted by Gasteiger charge is 2.68. The lowest BCUT2D eigenvalue weighted by atomic mass is 9.94. The van der Waals surface area contributed by atoms with Gasteiger partial charge in [-0.15, -0.1) is 11.3 Å². The first-order chi connectivity index (χ1) is 6.94. The van der Waals surface area contributed by atoms with Crippen LogP contribution < -0.4 is 0 Å². The minimum Gasteiger partial charge on any atom is -0.481 e. The molecule has 1 heterocycles. The molecule has 0 spiro atoms. The number of nitrogens with zero attached hydrogens (tertiary/aromatic N) is 1. The fourth-order valence-electron chi connectivity index (χ4n) is 2.14. The molecule has 0 aliphatic heterocycles. The molecule has 15 heavy (non-hydrogen) atoms. The molecule has 1 unspecified atom stereocenters. The van der Waals surface area contributed by atoms with Crippen LogP contribution in [0.3, 0.4) is 0 Å². The standard InChI is InChI=1S/C11H11NO2S/c1-10(2)6-11(10,9(13)14)8-4-3-7(5-12)15-8/h3-4H,6H2,1-2H3,(H,13,14). The monoisotopic (exact) mass is 221 g/mol. The molecule has 1 atom stereocenters. The predicted molar refractivity (Wildman–Crippen MR) is 56.7 cm³/mol. The molecule has 0 amide bonds. The smallest absolute Gasteiger partial charge is 0.315 e. The first kappa shape index (κ1) is 10.2. The van der Waals surface area contributed by atoms with Crippen LogP contribution in [0.2, 0.25) is 0 Å². The van der Waals surface area contributed by atoms with Crippen LogP contribution in [-0.2, 0) is 10.2 Å². The highest BCUT2D eigenvalue weighted by atomic mass is 32.1. The molecule has 0 radical (unpaired) electrons. The molecule has 4 heteroatoms. The molecular formula is C11H11NO2S. The van der Waals surface area contributed by atoms with Gasteiger partial charge >= 0.3 is 5.97 Å². The first-order valence-corrected chi connectivity index (χ1v) is 5.49. The van der Waals surface area contributed by atoms with Gasteiger partial charge in [-0.05, 0) is 24.0 Å². The van der Waals surface area contributed by atoms with E-state index in [9.17, 15) is 9.90 Å². The highest BCUT2D eigenvalue weighted by molar-refractivity contribution is 7.12. The van der Waals surface area contributed by atoms with Crippen molar-refractivity contribution in [1.82, 2.24) is 0 Å². The summed E-state index contributed by atoms with van der Waals surface area (Å²) in [6, 6.07) is 5.50. The van der Waals surface area contributed by atoms with Gasteiger partial charge in [0.05, 0.1) is 0 Å². The van der Waals surface area contributed by atoms with Crippen LogP contribution in [0.1, 0.15) is 30.0 Å². The molecule has 1 aromatic heterocycles.